The van der Waals surface area contributed by atoms with Gasteiger partial charge in [0.1, 0.15) is 4.21 Å². The van der Waals surface area contributed by atoms with Gasteiger partial charge in [-0.3, -0.25) is 4.79 Å². The molecule has 1 aromatic rings. The van der Waals surface area contributed by atoms with E-state index in [9.17, 15) is 13.2 Å². The number of likely N-dealkylation sites (tertiary alicyclic amines) is 1. The van der Waals surface area contributed by atoms with Gasteiger partial charge in [-0.25, -0.2) is 8.42 Å². The van der Waals surface area contributed by atoms with Crippen molar-refractivity contribution in [3.05, 3.63) is 17.0 Å². The van der Waals surface area contributed by atoms with Crippen LogP contribution in [0.3, 0.4) is 0 Å². The standard InChI is InChI=1S/C17H27N3O3S2/c1-13-7-10-19(11-8-13)25(22,23)16-6-5-15(24-16)17(21)20-9-3-2-4-14(20)12-18/h5-6,13-14H,2-4,7-12,18H2,1H3. The van der Waals surface area contributed by atoms with Crippen molar-refractivity contribution >= 4 is 27.3 Å². The molecule has 25 heavy (non-hydrogen) atoms. The van der Waals surface area contributed by atoms with Crippen molar-refractivity contribution < 1.29 is 13.2 Å². The van der Waals surface area contributed by atoms with Crippen LogP contribution in [0.25, 0.3) is 0 Å². The Hall–Kier alpha value is -0.960. The molecule has 140 valence electrons. The largest absolute Gasteiger partial charge is 0.334 e. The van der Waals surface area contributed by atoms with E-state index in [0.717, 1.165) is 43.4 Å². The molecule has 1 aromatic heterocycles. The van der Waals surface area contributed by atoms with Crippen LogP contribution in [0.5, 0.6) is 0 Å². The van der Waals surface area contributed by atoms with Gasteiger partial charge in [-0.15, -0.1) is 11.3 Å². The van der Waals surface area contributed by atoms with Gasteiger partial charge in [0.2, 0.25) is 0 Å². The maximum absolute atomic E-state index is 12.8. The van der Waals surface area contributed by atoms with Crippen LogP contribution < -0.4 is 5.73 Å². The second-order valence-electron chi connectivity index (χ2n) is 7.09. The van der Waals surface area contributed by atoms with E-state index in [-0.39, 0.29) is 16.2 Å². The Balaban J connectivity index is 1.76. The van der Waals surface area contributed by atoms with Gasteiger partial charge in [-0.1, -0.05) is 6.92 Å². The lowest BCUT2D eigenvalue weighted by Gasteiger charge is -2.34. The van der Waals surface area contributed by atoms with E-state index in [1.807, 2.05) is 4.90 Å². The summed E-state index contributed by atoms with van der Waals surface area (Å²) in [6.45, 7) is 4.43. The van der Waals surface area contributed by atoms with E-state index in [2.05, 4.69) is 6.92 Å². The minimum Gasteiger partial charge on any atom is -0.334 e. The predicted molar refractivity (Wildman–Crippen MR) is 99.2 cm³/mol. The fourth-order valence-electron chi connectivity index (χ4n) is 3.58. The average Bonchev–Trinajstić information content (AvgIpc) is 3.12. The molecular formula is C17H27N3O3S2. The molecule has 1 atom stereocenters. The van der Waals surface area contributed by atoms with Crippen LogP contribution >= 0.6 is 11.3 Å². The zero-order valence-corrected chi connectivity index (χ0v) is 16.3. The summed E-state index contributed by atoms with van der Waals surface area (Å²) in [6.07, 6.45) is 4.77. The van der Waals surface area contributed by atoms with Crippen LogP contribution in [0.2, 0.25) is 0 Å². The van der Waals surface area contributed by atoms with Crippen LogP contribution in [-0.2, 0) is 10.0 Å². The van der Waals surface area contributed by atoms with Gasteiger partial charge < -0.3 is 10.6 Å². The number of thiophene rings is 1. The lowest BCUT2D eigenvalue weighted by Crippen LogP contribution is -2.47. The maximum Gasteiger partial charge on any atom is 0.264 e. The maximum atomic E-state index is 12.8. The third-order valence-electron chi connectivity index (χ3n) is 5.29. The Morgan fingerprint density at radius 3 is 2.60 bits per heavy atom. The first-order valence-electron chi connectivity index (χ1n) is 9.04. The highest BCUT2D eigenvalue weighted by Gasteiger charge is 2.32. The molecule has 3 heterocycles. The molecule has 0 aromatic carbocycles. The van der Waals surface area contributed by atoms with Gasteiger partial charge in [0, 0.05) is 32.2 Å². The molecule has 1 amide bonds. The first kappa shape index (κ1) is 18.8. The predicted octanol–water partition coefficient (Wildman–Crippen LogP) is 2.12. The summed E-state index contributed by atoms with van der Waals surface area (Å²) in [5.41, 5.74) is 5.80. The molecule has 2 saturated heterocycles. The zero-order chi connectivity index (χ0) is 18.0. The molecule has 3 rings (SSSR count). The SMILES string of the molecule is CC1CCN(S(=O)(=O)c2ccc(C(=O)N3CCCCC3CN)s2)CC1. The van der Waals surface area contributed by atoms with Crippen LogP contribution in [0, 0.1) is 5.92 Å². The number of hydrogen-bond donors (Lipinski definition) is 1. The fourth-order valence-corrected chi connectivity index (χ4v) is 6.47. The summed E-state index contributed by atoms with van der Waals surface area (Å²) in [5.74, 6) is 0.480. The second kappa shape index (κ2) is 7.73. The van der Waals surface area contributed by atoms with Gasteiger partial charge in [0.05, 0.1) is 4.88 Å². The third-order valence-corrected chi connectivity index (χ3v) is 8.73. The van der Waals surface area contributed by atoms with Crippen molar-refractivity contribution in [1.82, 2.24) is 9.21 Å². The summed E-state index contributed by atoms with van der Waals surface area (Å²) in [4.78, 5) is 15.1. The molecule has 0 spiro atoms. The fraction of sp³-hybridized carbons (Fsp3) is 0.706. The van der Waals surface area contributed by atoms with E-state index < -0.39 is 10.0 Å². The number of carbonyl (C=O) groups excluding carboxylic acids is 1. The van der Waals surface area contributed by atoms with Crippen molar-refractivity contribution in [3.8, 4) is 0 Å². The Bertz CT molecular complexity index is 708. The summed E-state index contributed by atoms with van der Waals surface area (Å²) >= 11 is 1.09. The Morgan fingerprint density at radius 2 is 1.92 bits per heavy atom. The third kappa shape index (κ3) is 3.92. The summed E-state index contributed by atoms with van der Waals surface area (Å²) in [5, 5.41) is 0. The van der Waals surface area contributed by atoms with Crippen molar-refractivity contribution in [2.75, 3.05) is 26.2 Å². The Kier molecular flexibility index (Phi) is 5.82. The minimum atomic E-state index is -3.49. The van der Waals surface area contributed by atoms with Crippen LogP contribution in [-0.4, -0.2) is 55.8 Å². The van der Waals surface area contributed by atoms with Crippen molar-refractivity contribution in [2.24, 2.45) is 11.7 Å². The average molecular weight is 386 g/mol. The highest BCUT2D eigenvalue weighted by molar-refractivity contribution is 7.91. The smallest absolute Gasteiger partial charge is 0.264 e. The molecule has 0 aliphatic carbocycles. The molecule has 0 saturated carbocycles. The number of nitrogens with two attached hydrogens (primary N) is 1. The van der Waals surface area contributed by atoms with Gasteiger partial charge in [0.25, 0.3) is 15.9 Å². The normalized spacial score (nSPS) is 23.8. The minimum absolute atomic E-state index is 0.0620. The van der Waals surface area contributed by atoms with Gasteiger partial charge in [-0.05, 0) is 50.2 Å². The lowest BCUT2D eigenvalue weighted by molar-refractivity contribution is 0.0628. The van der Waals surface area contributed by atoms with Crippen molar-refractivity contribution in [2.45, 2.75) is 49.3 Å². The van der Waals surface area contributed by atoms with E-state index >= 15 is 0 Å². The van der Waals surface area contributed by atoms with Crippen LogP contribution in [0.1, 0.15) is 48.7 Å². The topological polar surface area (TPSA) is 83.7 Å². The van der Waals surface area contributed by atoms with E-state index in [1.165, 1.54) is 0 Å². The second-order valence-corrected chi connectivity index (χ2v) is 10.3. The van der Waals surface area contributed by atoms with Crippen LogP contribution in [0.4, 0.5) is 0 Å². The number of sulfonamides is 1. The molecular weight excluding hydrogens is 358 g/mol. The van der Waals surface area contributed by atoms with Crippen LogP contribution in [0.15, 0.2) is 16.3 Å². The van der Waals surface area contributed by atoms with E-state index in [1.54, 1.807) is 16.4 Å². The number of hydrogen-bond acceptors (Lipinski definition) is 5. The zero-order valence-electron chi connectivity index (χ0n) is 14.7. The monoisotopic (exact) mass is 385 g/mol. The molecule has 0 radical (unpaired) electrons. The Labute approximate surface area is 154 Å². The Morgan fingerprint density at radius 1 is 1.20 bits per heavy atom. The van der Waals surface area contributed by atoms with Crippen molar-refractivity contribution in [3.63, 3.8) is 0 Å². The summed E-state index contributed by atoms with van der Waals surface area (Å²) in [7, 11) is -3.49. The molecule has 0 bridgehead atoms. The molecule has 2 aliphatic heterocycles. The highest BCUT2D eigenvalue weighted by Crippen LogP contribution is 2.30. The number of carbonyl (C=O) groups is 1. The van der Waals surface area contributed by atoms with E-state index in [4.69, 9.17) is 5.73 Å². The molecule has 1 unspecified atom stereocenters. The van der Waals surface area contributed by atoms with E-state index in [0.29, 0.717) is 37.0 Å². The summed E-state index contributed by atoms with van der Waals surface area (Å²) in [6, 6.07) is 3.29. The summed E-state index contributed by atoms with van der Waals surface area (Å²) < 4.78 is 27.5. The number of amides is 1. The molecule has 6 nitrogen and oxygen atoms in total. The lowest BCUT2D eigenvalue weighted by atomic mass is 10.0. The van der Waals surface area contributed by atoms with Gasteiger partial charge in [-0.2, -0.15) is 4.31 Å². The molecule has 2 aliphatic rings. The number of rotatable bonds is 4. The first-order chi connectivity index (χ1) is 11.9. The van der Waals surface area contributed by atoms with Crippen molar-refractivity contribution in [1.29, 1.82) is 0 Å². The molecule has 2 fully saturated rings. The molecule has 2 N–H and O–H groups in total. The van der Waals surface area contributed by atoms with Gasteiger partial charge in [0.15, 0.2) is 0 Å². The number of nitrogens with zero attached hydrogens (tertiary/aromatic N) is 2. The molecule has 8 heteroatoms. The first-order valence-corrected chi connectivity index (χ1v) is 11.3. The number of piperidine rings is 2. The van der Waals surface area contributed by atoms with Gasteiger partial charge >= 0.3 is 0 Å². The highest BCUT2D eigenvalue weighted by atomic mass is 32.2. The quantitative estimate of drug-likeness (QED) is 0.860.